The Kier molecular flexibility index (Phi) is 5.86. The standard InChI is InChI=1S/C19H21N5O3S/c1-2-24-13-21-23-19(24)15-4-3-5-16(12-15)22-18(25)11-8-14-6-9-17(10-7-14)28(20,26)27/h3-7,9-10,12-13H,2,8,11H2,1H3,(H,22,25)(H2,20,26,27). The van der Waals surface area contributed by atoms with Crippen LogP contribution in [0.15, 0.2) is 59.8 Å². The maximum Gasteiger partial charge on any atom is 0.238 e. The summed E-state index contributed by atoms with van der Waals surface area (Å²) in [6, 6.07) is 13.6. The number of amides is 1. The number of aromatic nitrogens is 3. The van der Waals surface area contributed by atoms with Crippen LogP contribution in [-0.4, -0.2) is 29.1 Å². The molecule has 1 heterocycles. The fourth-order valence-corrected chi connectivity index (χ4v) is 3.29. The maximum absolute atomic E-state index is 12.3. The van der Waals surface area contributed by atoms with Gasteiger partial charge < -0.3 is 9.88 Å². The van der Waals surface area contributed by atoms with Crippen LogP contribution in [0.2, 0.25) is 0 Å². The number of carbonyl (C=O) groups excluding carboxylic acids is 1. The number of carbonyl (C=O) groups is 1. The van der Waals surface area contributed by atoms with Gasteiger partial charge in [0.25, 0.3) is 0 Å². The van der Waals surface area contributed by atoms with Crippen LogP contribution in [0.5, 0.6) is 0 Å². The maximum atomic E-state index is 12.3. The summed E-state index contributed by atoms with van der Waals surface area (Å²) in [5.74, 6) is 0.609. The molecule has 3 N–H and O–H groups in total. The Morgan fingerprint density at radius 2 is 1.93 bits per heavy atom. The Hall–Kier alpha value is -3.04. The highest BCUT2D eigenvalue weighted by Gasteiger charge is 2.10. The summed E-state index contributed by atoms with van der Waals surface area (Å²) in [6.45, 7) is 2.76. The number of nitrogens with two attached hydrogens (primary N) is 1. The largest absolute Gasteiger partial charge is 0.326 e. The van der Waals surface area contributed by atoms with Crippen LogP contribution in [0.3, 0.4) is 0 Å². The molecule has 2 aromatic carbocycles. The Bertz CT molecular complexity index is 1070. The van der Waals surface area contributed by atoms with Gasteiger partial charge in [0.2, 0.25) is 15.9 Å². The van der Waals surface area contributed by atoms with Crippen LogP contribution in [-0.2, 0) is 27.8 Å². The van der Waals surface area contributed by atoms with E-state index in [0.717, 1.165) is 23.5 Å². The van der Waals surface area contributed by atoms with Gasteiger partial charge in [-0.2, -0.15) is 0 Å². The Morgan fingerprint density at radius 3 is 2.61 bits per heavy atom. The molecule has 3 rings (SSSR count). The Labute approximate surface area is 163 Å². The van der Waals surface area contributed by atoms with E-state index >= 15 is 0 Å². The lowest BCUT2D eigenvalue weighted by Crippen LogP contribution is -2.13. The second-order valence-electron chi connectivity index (χ2n) is 6.26. The molecule has 1 amide bonds. The number of primary sulfonamides is 1. The van der Waals surface area contributed by atoms with Crippen LogP contribution in [0.1, 0.15) is 18.9 Å². The van der Waals surface area contributed by atoms with E-state index in [1.54, 1.807) is 18.5 Å². The van der Waals surface area contributed by atoms with Crippen molar-refractivity contribution in [1.29, 1.82) is 0 Å². The van der Waals surface area contributed by atoms with Gasteiger partial charge in [0, 0.05) is 24.2 Å². The molecule has 8 nitrogen and oxygen atoms in total. The van der Waals surface area contributed by atoms with Crippen molar-refractivity contribution in [3.8, 4) is 11.4 Å². The van der Waals surface area contributed by atoms with E-state index in [1.165, 1.54) is 12.1 Å². The number of sulfonamides is 1. The van der Waals surface area contributed by atoms with Crippen molar-refractivity contribution in [3.63, 3.8) is 0 Å². The van der Waals surface area contributed by atoms with E-state index < -0.39 is 10.0 Å². The van der Waals surface area contributed by atoms with Crippen LogP contribution in [0, 0.1) is 0 Å². The minimum absolute atomic E-state index is 0.0532. The van der Waals surface area contributed by atoms with Gasteiger partial charge in [-0.3, -0.25) is 4.79 Å². The summed E-state index contributed by atoms with van der Waals surface area (Å²) in [5, 5.41) is 16.0. The molecule has 0 radical (unpaired) electrons. The number of hydrogen-bond donors (Lipinski definition) is 2. The average Bonchev–Trinajstić information content (AvgIpc) is 3.15. The van der Waals surface area contributed by atoms with Crippen molar-refractivity contribution in [2.45, 2.75) is 31.2 Å². The van der Waals surface area contributed by atoms with Crippen LogP contribution < -0.4 is 10.5 Å². The topological polar surface area (TPSA) is 120 Å². The van der Waals surface area contributed by atoms with Crippen molar-refractivity contribution in [2.75, 3.05) is 5.32 Å². The zero-order valence-corrected chi connectivity index (χ0v) is 16.2. The zero-order chi connectivity index (χ0) is 20.1. The second-order valence-corrected chi connectivity index (χ2v) is 7.82. The first-order valence-corrected chi connectivity index (χ1v) is 10.3. The lowest BCUT2D eigenvalue weighted by Gasteiger charge is -2.08. The lowest BCUT2D eigenvalue weighted by atomic mass is 10.1. The van der Waals surface area contributed by atoms with Gasteiger partial charge in [0.15, 0.2) is 5.82 Å². The highest BCUT2D eigenvalue weighted by atomic mass is 32.2. The smallest absolute Gasteiger partial charge is 0.238 e. The minimum atomic E-state index is -3.71. The molecule has 0 aliphatic rings. The monoisotopic (exact) mass is 399 g/mol. The Morgan fingerprint density at radius 1 is 1.18 bits per heavy atom. The minimum Gasteiger partial charge on any atom is -0.326 e. The molecule has 146 valence electrons. The van der Waals surface area contributed by atoms with Crippen molar-refractivity contribution < 1.29 is 13.2 Å². The third kappa shape index (κ3) is 4.81. The molecule has 3 aromatic rings. The van der Waals surface area contributed by atoms with Gasteiger partial charge >= 0.3 is 0 Å². The van der Waals surface area contributed by atoms with Gasteiger partial charge in [-0.25, -0.2) is 13.6 Å². The van der Waals surface area contributed by atoms with E-state index in [9.17, 15) is 13.2 Å². The quantitative estimate of drug-likeness (QED) is 0.631. The number of benzene rings is 2. The van der Waals surface area contributed by atoms with Crippen molar-refractivity contribution in [1.82, 2.24) is 14.8 Å². The number of aryl methyl sites for hydroxylation is 2. The summed E-state index contributed by atoms with van der Waals surface area (Å²) in [6.07, 6.45) is 2.42. The second kappa shape index (κ2) is 8.32. The summed E-state index contributed by atoms with van der Waals surface area (Å²) in [5.41, 5.74) is 2.40. The fraction of sp³-hybridized carbons (Fsp3) is 0.211. The molecule has 0 atom stereocenters. The third-order valence-electron chi connectivity index (χ3n) is 4.25. The first-order valence-electron chi connectivity index (χ1n) is 8.76. The SMILES string of the molecule is CCn1cnnc1-c1cccc(NC(=O)CCc2ccc(S(N)(=O)=O)cc2)c1. The highest BCUT2D eigenvalue weighted by molar-refractivity contribution is 7.89. The number of nitrogens with one attached hydrogen (secondary N) is 1. The molecule has 9 heteroatoms. The molecule has 0 unspecified atom stereocenters. The van der Waals surface area contributed by atoms with E-state index in [0.29, 0.717) is 12.1 Å². The molecule has 0 spiro atoms. The van der Waals surface area contributed by atoms with Gasteiger partial charge in [-0.05, 0) is 43.2 Å². The molecular formula is C19H21N5O3S. The molecule has 0 aliphatic heterocycles. The molecule has 0 saturated heterocycles. The predicted molar refractivity (Wildman–Crippen MR) is 106 cm³/mol. The molecule has 0 bridgehead atoms. The van der Waals surface area contributed by atoms with Crippen molar-refractivity contribution in [2.24, 2.45) is 5.14 Å². The lowest BCUT2D eigenvalue weighted by molar-refractivity contribution is -0.116. The van der Waals surface area contributed by atoms with Crippen molar-refractivity contribution in [3.05, 3.63) is 60.4 Å². The number of nitrogens with zero attached hydrogens (tertiary/aromatic N) is 3. The van der Waals surface area contributed by atoms with Gasteiger partial charge in [-0.1, -0.05) is 24.3 Å². The van der Waals surface area contributed by atoms with Crippen LogP contribution >= 0.6 is 0 Å². The molecule has 0 saturated carbocycles. The number of rotatable bonds is 7. The van der Waals surface area contributed by atoms with Crippen LogP contribution in [0.4, 0.5) is 5.69 Å². The summed E-state index contributed by atoms with van der Waals surface area (Å²) in [4.78, 5) is 12.3. The molecule has 28 heavy (non-hydrogen) atoms. The first kappa shape index (κ1) is 19.7. The van der Waals surface area contributed by atoms with Crippen molar-refractivity contribution >= 4 is 21.6 Å². The van der Waals surface area contributed by atoms with E-state index in [-0.39, 0.29) is 17.2 Å². The van der Waals surface area contributed by atoms with Gasteiger partial charge in [-0.15, -0.1) is 10.2 Å². The zero-order valence-electron chi connectivity index (χ0n) is 15.4. The van der Waals surface area contributed by atoms with E-state index in [1.807, 2.05) is 35.8 Å². The predicted octanol–water partition coefficient (Wildman–Crippen LogP) is 2.18. The third-order valence-corrected chi connectivity index (χ3v) is 5.18. The normalized spacial score (nSPS) is 11.4. The van der Waals surface area contributed by atoms with E-state index in [4.69, 9.17) is 5.14 Å². The number of anilines is 1. The average molecular weight is 399 g/mol. The summed E-state index contributed by atoms with van der Waals surface area (Å²) in [7, 11) is -3.71. The van der Waals surface area contributed by atoms with Gasteiger partial charge in [0.1, 0.15) is 6.33 Å². The van der Waals surface area contributed by atoms with E-state index in [2.05, 4.69) is 15.5 Å². The molecular weight excluding hydrogens is 378 g/mol. The summed E-state index contributed by atoms with van der Waals surface area (Å²) >= 11 is 0. The van der Waals surface area contributed by atoms with Gasteiger partial charge in [0.05, 0.1) is 4.90 Å². The highest BCUT2D eigenvalue weighted by Crippen LogP contribution is 2.21. The number of hydrogen-bond acceptors (Lipinski definition) is 5. The summed E-state index contributed by atoms with van der Waals surface area (Å²) < 4.78 is 24.5. The first-order chi connectivity index (χ1) is 13.4. The molecule has 0 fully saturated rings. The van der Waals surface area contributed by atoms with Crippen LogP contribution in [0.25, 0.3) is 11.4 Å². The Balaban J connectivity index is 1.62. The molecule has 1 aromatic heterocycles. The molecule has 0 aliphatic carbocycles. The fourth-order valence-electron chi connectivity index (χ4n) is 2.77.